The van der Waals surface area contributed by atoms with Crippen molar-refractivity contribution >= 4 is 23.6 Å². The van der Waals surface area contributed by atoms with Crippen molar-refractivity contribution in [2.45, 2.75) is 50.2 Å². The third-order valence-electron chi connectivity index (χ3n) is 7.23. The molecule has 5 rings (SSSR count). The minimum absolute atomic E-state index is 0.170. The Morgan fingerprint density at radius 1 is 1.22 bits per heavy atom. The number of alkyl halides is 3. The van der Waals surface area contributed by atoms with Gasteiger partial charge in [0.05, 0.1) is 17.3 Å². The van der Waals surface area contributed by atoms with E-state index in [9.17, 15) is 23.2 Å². The molecule has 1 aromatic heterocycles. The van der Waals surface area contributed by atoms with Crippen LogP contribution in [0.4, 0.5) is 24.7 Å². The predicted octanol–water partition coefficient (Wildman–Crippen LogP) is 4.46. The fraction of sp³-hybridized carbons (Fsp3) is 0.462. The first kappa shape index (κ1) is 24.1. The van der Waals surface area contributed by atoms with Crippen molar-refractivity contribution in [2.75, 3.05) is 30.3 Å². The van der Waals surface area contributed by atoms with Gasteiger partial charge in [0.25, 0.3) is 0 Å². The van der Waals surface area contributed by atoms with E-state index in [0.717, 1.165) is 42.5 Å². The monoisotopic (exact) mass is 496 g/mol. The molecule has 1 aliphatic heterocycles. The normalized spacial score (nSPS) is 20.2. The van der Waals surface area contributed by atoms with Gasteiger partial charge in [-0.05, 0) is 55.4 Å². The molecule has 0 radical (unpaired) electrons. The van der Waals surface area contributed by atoms with Crippen LogP contribution in [0.15, 0.2) is 24.3 Å². The van der Waals surface area contributed by atoms with Gasteiger partial charge in [-0.15, -0.1) is 0 Å². The summed E-state index contributed by atoms with van der Waals surface area (Å²) in [5.74, 6) is 0.0831. The van der Waals surface area contributed by atoms with E-state index < -0.39 is 18.5 Å². The Kier molecular flexibility index (Phi) is 6.10. The lowest BCUT2D eigenvalue weighted by Crippen LogP contribution is -2.57. The largest absolute Gasteiger partial charge is 0.398 e. The summed E-state index contributed by atoms with van der Waals surface area (Å²) in [6.07, 6.45) is -1.05. The van der Waals surface area contributed by atoms with Crippen LogP contribution in [0.2, 0.25) is 0 Å². The zero-order chi connectivity index (χ0) is 25.6. The molecule has 3 aliphatic rings. The average molecular weight is 497 g/mol. The fourth-order valence-corrected chi connectivity index (χ4v) is 5.08. The van der Waals surface area contributed by atoms with E-state index in [1.165, 1.54) is 11.1 Å². The van der Waals surface area contributed by atoms with E-state index in [0.29, 0.717) is 35.7 Å². The Hall–Kier alpha value is -3.61. The molecule has 3 N–H and O–H groups in total. The summed E-state index contributed by atoms with van der Waals surface area (Å²) < 4.78 is 38.7. The number of benzene rings is 1. The Morgan fingerprint density at radius 2 is 1.97 bits per heavy atom. The quantitative estimate of drug-likeness (QED) is 0.453. The number of halogens is 3. The summed E-state index contributed by atoms with van der Waals surface area (Å²) in [7, 11) is 0. The predicted molar refractivity (Wildman–Crippen MR) is 130 cm³/mol. The number of nitrogen functional groups attached to an aromatic ring is 1. The van der Waals surface area contributed by atoms with Crippen LogP contribution < -0.4 is 10.6 Å². The number of nitrogens with zero attached hydrogens (tertiary/aromatic N) is 4. The van der Waals surface area contributed by atoms with E-state index in [-0.39, 0.29) is 24.4 Å². The number of hydrogen-bond donors (Lipinski definition) is 2. The lowest BCUT2D eigenvalue weighted by atomic mass is 9.97. The Bertz CT molecular complexity index is 1250. The summed E-state index contributed by atoms with van der Waals surface area (Å²) in [6, 6.07) is 9.17. The highest BCUT2D eigenvalue weighted by Gasteiger charge is 2.44. The summed E-state index contributed by atoms with van der Waals surface area (Å²) in [5, 5.41) is 17.6. The Labute approximate surface area is 207 Å². The summed E-state index contributed by atoms with van der Waals surface area (Å²) in [4.78, 5) is 20.8. The number of aromatic nitrogens is 1. The number of nitrogens with two attached hydrogens (primary N) is 1. The van der Waals surface area contributed by atoms with Gasteiger partial charge in [0.15, 0.2) is 0 Å². The molecule has 2 aliphatic carbocycles. The van der Waals surface area contributed by atoms with Crippen LogP contribution >= 0.6 is 0 Å². The maximum atomic E-state index is 12.9. The standard InChI is InChI=1S/C26H27F3N6O/c27-26(28,29)11-23(36)35-8-7-34(14-22(35)15-1-2-15)25-19(13-31)10-20(24(33-25)16-3-4-16)17-5-6-21(32)18(9-17)12-30/h5-6,9-10,12,15-16,22,30H,1-4,7-8,11,14,32H2. The van der Waals surface area contributed by atoms with Crippen LogP contribution in [0.1, 0.15) is 54.8 Å². The number of piperazine rings is 1. The molecular formula is C26H27F3N6O. The summed E-state index contributed by atoms with van der Waals surface area (Å²) >= 11 is 0. The molecule has 1 saturated heterocycles. The van der Waals surface area contributed by atoms with E-state index in [1.54, 1.807) is 6.07 Å². The minimum Gasteiger partial charge on any atom is -0.398 e. The molecule has 7 nitrogen and oxygen atoms in total. The van der Waals surface area contributed by atoms with Gasteiger partial charge in [0.1, 0.15) is 18.3 Å². The highest BCUT2D eigenvalue weighted by atomic mass is 19.4. The molecule has 2 heterocycles. The molecule has 1 unspecified atom stereocenters. The molecule has 36 heavy (non-hydrogen) atoms. The molecule has 3 fully saturated rings. The van der Waals surface area contributed by atoms with Gasteiger partial charge in [-0.3, -0.25) is 4.79 Å². The molecule has 2 aromatic rings. The number of amides is 1. The Balaban J connectivity index is 1.48. The van der Waals surface area contributed by atoms with Crippen LogP contribution in [0.3, 0.4) is 0 Å². The molecular weight excluding hydrogens is 469 g/mol. The molecule has 0 spiro atoms. The molecule has 1 amide bonds. The van der Waals surface area contributed by atoms with Gasteiger partial charge in [0.2, 0.25) is 5.91 Å². The number of carbonyl (C=O) groups excluding carboxylic acids is 1. The number of nitriles is 1. The fourth-order valence-electron chi connectivity index (χ4n) is 5.08. The van der Waals surface area contributed by atoms with Gasteiger partial charge in [-0.2, -0.15) is 18.4 Å². The maximum absolute atomic E-state index is 12.9. The SMILES string of the molecule is N#Cc1cc(-c2ccc(N)c(C=N)c2)c(C2CC2)nc1N1CCN(C(=O)CC(F)(F)F)C(C2CC2)C1. The second-order valence-corrected chi connectivity index (χ2v) is 9.90. The number of nitrogens with one attached hydrogen (secondary N) is 1. The van der Waals surface area contributed by atoms with Gasteiger partial charge in [-0.25, -0.2) is 4.98 Å². The van der Waals surface area contributed by atoms with E-state index in [4.69, 9.17) is 16.1 Å². The maximum Gasteiger partial charge on any atom is 0.397 e. The van der Waals surface area contributed by atoms with Gasteiger partial charge in [-0.1, -0.05) is 6.07 Å². The molecule has 1 atom stereocenters. The van der Waals surface area contributed by atoms with Crippen molar-refractivity contribution in [1.29, 1.82) is 10.7 Å². The number of carbonyl (C=O) groups is 1. The Morgan fingerprint density at radius 3 is 2.58 bits per heavy atom. The lowest BCUT2D eigenvalue weighted by Gasteiger charge is -2.42. The summed E-state index contributed by atoms with van der Waals surface area (Å²) in [6.45, 7) is 0.848. The van der Waals surface area contributed by atoms with Crippen molar-refractivity contribution in [3.05, 3.63) is 41.1 Å². The molecule has 188 valence electrons. The van der Waals surface area contributed by atoms with E-state index >= 15 is 0 Å². The first-order chi connectivity index (χ1) is 17.2. The highest BCUT2D eigenvalue weighted by molar-refractivity contribution is 5.88. The number of hydrogen-bond acceptors (Lipinski definition) is 6. The zero-order valence-corrected chi connectivity index (χ0v) is 19.7. The first-order valence-corrected chi connectivity index (χ1v) is 12.1. The van der Waals surface area contributed by atoms with Crippen LogP contribution in [0, 0.1) is 22.7 Å². The van der Waals surface area contributed by atoms with Gasteiger partial charge in [0, 0.05) is 48.6 Å². The second kappa shape index (κ2) is 9.12. The van der Waals surface area contributed by atoms with E-state index in [1.807, 2.05) is 23.1 Å². The van der Waals surface area contributed by atoms with Gasteiger partial charge >= 0.3 is 6.18 Å². The van der Waals surface area contributed by atoms with Crippen molar-refractivity contribution in [1.82, 2.24) is 9.88 Å². The number of rotatable bonds is 6. The van der Waals surface area contributed by atoms with Crippen LogP contribution in [0.5, 0.6) is 0 Å². The van der Waals surface area contributed by atoms with Crippen molar-refractivity contribution in [3.8, 4) is 17.2 Å². The smallest absolute Gasteiger partial charge is 0.397 e. The lowest BCUT2D eigenvalue weighted by molar-refractivity contribution is -0.163. The summed E-state index contributed by atoms with van der Waals surface area (Å²) in [5.41, 5.74) is 9.97. The van der Waals surface area contributed by atoms with E-state index in [2.05, 4.69) is 6.07 Å². The molecule has 10 heteroatoms. The van der Waals surface area contributed by atoms with Gasteiger partial charge < -0.3 is 20.9 Å². The average Bonchev–Trinajstić information content (AvgIpc) is 3.75. The van der Waals surface area contributed by atoms with Crippen LogP contribution in [0.25, 0.3) is 11.1 Å². The minimum atomic E-state index is -4.54. The molecule has 2 saturated carbocycles. The second-order valence-electron chi connectivity index (χ2n) is 9.90. The number of pyridine rings is 1. The third-order valence-corrected chi connectivity index (χ3v) is 7.23. The van der Waals surface area contributed by atoms with Crippen LogP contribution in [-0.4, -0.2) is 53.9 Å². The van der Waals surface area contributed by atoms with Crippen LogP contribution in [-0.2, 0) is 4.79 Å². The van der Waals surface area contributed by atoms with Crippen molar-refractivity contribution < 1.29 is 18.0 Å². The van der Waals surface area contributed by atoms with Crippen molar-refractivity contribution in [3.63, 3.8) is 0 Å². The molecule has 1 aromatic carbocycles. The topological polar surface area (TPSA) is 110 Å². The number of anilines is 2. The third kappa shape index (κ3) is 4.87. The highest BCUT2D eigenvalue weighted by Crippen LogP contribution is 2.46. The zero-order valence-electron chi connectivity index (χ0n) is 19.7. The van der Waals surface area contributed by atoms with Crippen molar-refractivity contribution in [2.24, 2.45) is 5.92 Å². The first-order valence-electron chi connectivity index (χ1n) is 12.1. The molecule has 0 bridgehead atoms.